The van der Waals surface area contributed by atoms with Gasteiger partial charge in [-0.1, -0.05) is 0 Å². The lowest BCUT2D eigenvalue weighted by molar-refractivity contribution is 0.188. The van der Waals surface area contributed by atoms with Crippen molar-refractivity contribution in [3.8, 4) is 5.75 Å². The van der Waals surface area contributed by atoms with Gasteiger partial charge < -0.3 is 25.0 Å². The molecule has 34 heavy (non-hydrogen) atoms. The number of fused-ring (bicyclic) bond motifs is 1. The molecule has 2 aliphatic rings. The van der Waals surface area contributed by atoms with Crippen molar-refractivity contribution in [1.29, 1.82) is 0 Å². The van der Waals surface area contributed by atoms with Crippen LogP contribution in [0.3, 0.4) is 0 Å². The molecule has 2 aromatic heterocycles. The third-order valence-electron chi connectivity index (χ3n) is 6.08. The molecular formula is C24H28FN7O2. The number of nitrogens with zero attached hydrogens (tertiary/aromatic N) is 4. The van der Waals surface area contributed by atoms with Crippen LogP contribution in [0.25, 0.3) is 10.9 Å². The van der Waals surface area contributed by atoms with Crippen LogP contribution >= 0.6 is 0 Å². The van der Waals surface area contributed by atoms with E-state index in [0.29, 0.717) is 48.3 Å². The summed E-state index contributed by atoms with van der Waals surface area (Å²) in [7, 11) is 0. The Labute approximate surface area is 196 Å². The van der Waals surface area contributed by atoms with E-state index in [4.69, 9.17) is 4.74 Å². The Morgan fingerprint density at radius 2 is 2.24 bits per heavy atom. The predicted octanol–water partition coefficient (Wildman–Crippen LogP) is 3.67. The minimum absolute atomic E-state index is 0.0943. The zero-order valence-corrected chi connectivity index (χ0v) is 19.0. The second-order valence-corrected chi connectivity index (χ2v) is 8.77. The molecule has 178 valence electrons. The van der Waals surface area contributed by atoms with Crippen LogP contribution in [0.4, 0.5) is 10.2 Å². The van der Waals surface area contributed by atoms with Gasteiger partial charge in [0, 0.05) is 53.4 Å². The van der Waals surface area contributed by atoms with E-state index in [9.17, 15) is 9.50 Å². The summed E-state index contributed by atoms with van der Waals surface area (Å²) in [5.41, 5.74) is 2.70. The van der Waals surface area contributed by atoms with Gasteiger partial charge in [0.15, 0.2) is 24.1 Å². The number of aryl methyl sites for hydroxylation is 1. The highest BCUT2D eigenvalue weighted by Gasteiger charge is 2.26. The molecule has 1 aliphatic carbocycles. The maximum absolute atomic E-state index is 14.8. The standard InChI is InChI=1S/C24H28FN7O2/c1-14-9-17-18(28-14)5-6-20(24(17)25)34-13-27-23(32-8-7-16(33)12-32)11-21(26-2)29-22-10-19(30-31-22)15-3-4-15/h5-6,9-11,15-16,28,33H,2-4,7-8,12-13H2,1H3,(H2,29,30,31)/b21-11+,27-23+. The van der Waals surface area contributed by atoms with Crippen molar-refractivity contribution in [2.75, 3.05) is 25.1 Å². The molecule has 1 atom stereocenters. The number of aliphatic hydroxyl groups excluding tert-OH is 1. The summed E-state index contributed by atoms with van der Waals surface area (Å²) in [5, 5.41) is 21.0. The van der Waals surface area contributed by atoms with Crippen LogP contribution in [0.2, 0.25) is 0 Å². The smallest absolute Gasteiger partial charge is 0.181 e. The van der Waals surface area contributed by atoms with Crippen LogP contribution in [0, 0.1) is 12.7 Å². The monoisotopic (exact) mass is 465 g/mol. The number of halogens is 1. The number of ether oxygens (including phenoxy) is 1. The summed E-state index contributed by atoms with van der Waals surface area (Å²) in [6.45, 7) is 6.51. The lowest BCUT2D eigenvalue weighted by atomic mass is 10.2. The first-order valence-corrected chi connectivity index (χ1v) is 11.4. The van der Waals surface area contributed by atoms with E-state index < -0.39 is 11.9 Å². The number of hydrogen-bond donors (Lipinski definition) is 4. The number of β-amino-alcohol motifs (C(OH)–C–C–N with tert-alkyl or cyclic N) is 1. The van der Waals surface area contributed by atoms with Gasteiger partial charge in [-0.25, -0.2) is 14.4 Å². The average molecular weight is 466 g/mol. The van der Waals surface area contributed by atoms with Crippen LogP contribution in [0.1, 0.15) is 36.6 Å². The second-order valence-electron chi connectivity index (χ2n) is 8.77. The number of aliphatic hydroxyl groups is 1. The molecule has 3 heterocycles. The minimum Gasteiger partial charge on any atom is -0.468 e. The van der Waals surface area contributed by atoms with E-state index in [-0.39, 0.29) is 12.5 Å². The SMILES string of the molecule is C=N/C(=C\C(=N/COc1ccc2[nH]c(C)cc2c1F)N1CCC(O)C1)Nc1cc(C2CC2)[nH]n1. The van der Waals surface area contributed by atoms with Gasteiger partial charge in [-0.05, 0) is 51.1 Å². The topological polar surface area (TPSA) is 114 Å². The van der Waals surface area contributed by atoms with Crippen molar-refractivity contribution in [3.05, 3.63) is 53.4 Å². The van der Waals surface area contributed by atoms with E-state index in [1.54, 1.807) is 24.3 Å². The maximum Gasteiger partial charge on any atom is 0.181 e. The van der Waals surface area contributed by atoms with Crippen molar-refractivity contribution >= 4 is 29.3 Å². The van der Waals surface area contributed by atoms with Crippen molar-refractivity contribution < 1.29 is 14.2 Å². The number of H-pyrrole nitrogens is 2. The molecule has 1 saturated heterocycles. The highest BCUT2D eigenvalue weighted by atomic mass is 19.1. The average Bonchev–Trinajstić information content (AvgIpc) is 3.21. The van der Waals surface area contributed by atoms with E-state index in [0.717, 1.165) is 16.9 Å². The molecule has 3 aromatic rings. The zero-order chi connectivity index (χ0) is 23.7. The van der Waals surface area contributed by atoms with Gasteiger partial charge in [0.2, 0.25) is 0 Å². The molecule has 0 amide bonds. The van der Waals surface area contributed by atoms with Crippen LogP contribution in [0.5, 0.6) is 5.75 Å². The fraction of sp³-hybridized carbons (Fsp3) is 0.375. The summed E-state index contributed by atoms with van der Waals surface area (Å²) in [6, 6.07) is 7.09. The summed E-state index contributed by atoms with van der Waals surface area (Å²) >= 11 is 0. The molecule has 0 bridgehead atoms. The Bertz CT molecular complexity index is 1260. The van der Waals surface area contributed by atoms with Crippen molar-refractivity contribution in [2.45, 2.75) is 38.2 Å². The first-order chi connectivity index (χ1) is 16.5. The third kappa shape index (κ3) is 4.81. The largest absolute Gasteiger partial charge is 0.468 e. The number of likely N-dealkylation sites (tertiary alicyclic amines) is 1. The van der Waals surface area contributed by atoms with Crippen LogP contribution in [-0.4, -0.2) is 63.7 Å². The van der Waals surface area contributed by atoms with Crippen molar-refractivity contribution in [2.24, 2.45) is 9.98 Å². The van der Waals surface area contributed by atoms with Crippen molar-refractivity contribution in [1.82, 2.24) is 20.1 Å². The highest BCUT2D eigenvalue weighted by Crippen LogP contribution is 2.39. The Morgan fingerprint density at radius 3 is 2.97 bits per heavy atom. The Morgan fingerprint density at radius 1 is 1.38 bits per heavy atom. The fourth-order valence-corrected chi connectivity index (χ4v) is 4.13. The summed E-state index contributed by atoms with van der Waals surface area (Å²) in [6.07, 6.45) is 4.29. The number of anilines is 1. The number of aliphatic imine (C=N–C) groups is 2. The molecule has 4 N–H and O–H groups in total. The van der Waals surface area contributed by atoms with Gasteiger partial charge >= 0.3 is 0 Å². The molecule has 5 rings (SSSR count). The number of benzene rings is 1. The van der Waals surface area contributed by atoms with Gasteiger partial charge in [-0.3, -0.25) is 5.10 Å². The Kier molecular flexibility index (Phi) is 6.06. The number of amidine groups is 1. The van der Waals surface area contributed by atoms with E-state index in [1.807, 2.05) is 17.9 Å². The molecule has 1 aromatic carbocycles. The summed E-state index contributed by atoms with van der Waals surface area (Å²) in [4.78, 5) is 13.7. The summed E-state index contributed by atoms with van der Waals surface area (Å²) in [5.74, 6) is 1.93. The Balaban J connectivity index is 1.34. The quantitative estimate of drug-likeness (QED) is 0.299. The molecule has 1 aliphatic heterocycles. The minimum atomic E-state index is -0.434. The predicted molar refractivity (Wildman–Crippen MR) is 130 cm³/mol. The van der Waals surface area contributed by atoms with Gasteiger partial charge in [0.25, 0.3) is 0 Å². The first-order valence-electron chi connectivity index (χ1n) is 11.4. The van der Waals surface area contributed by atoms with Gasteiger partial charge in [-0.2, -0.15) is 5.10 Å². The molecule has 2 fully saturated rings. The van der Waals surface area contributed by atoms with Crippen LogP contribution in [-0.2, 0) is 0 Å². The normalized spacial score (nSPS) is 19.1. The third-order valence-corrected chi connectivity index (χ3v) is 6.08. The second kappa shape index (κ2) is 9.30. The van der Waals surface area contributed by atoms with E-state index in [1.165, 1.54) is 12.8 Å². The maximum atomic E-state index is 14.8. The number of rotatable bonds is 8. The number of aromatic nitrogens is 3. The first kappa shape index (κ1) is 22.1. The summed E-state index contributed by atoms with van der Waals surface area (Å²) < 4.78 is 20.5. The van der Waals surface area contributed by atoms with Crippen LogP contribution in [0.15, 0.2) is 46.1 Å². The fourth-order valence-electron chi connectivity index (χ4n) is 4.13. The Hall–Kier alpha value is -3.66. The molecule has 10 heteroatoms. The molecule has 9 nitrogen and oxygen atoms in total. The van der Waals surface area contributed by atoms with E-state index >= 15 is 0 Å². The number of hydrogen-bond acceptors (Lipinski definition) is 6. The molecule has 0 radical (unpaired) electrons. The molecular weight excluding hydrogens is 437 g/mol. The van der Waals surface area contributed by atoms with E-state index in [2.05, 4.69) is 37.2 Å². The number of aromatic amines is 2. The van der Waals surface area contributed by atoms with Crippen molar-refractivity contribution in [3.63, 3.8) is 0 Å². The highest BCUT2D eigenvalue weighted by molar-refractivity contribution is 5.94. The zero-order valence-electron chi connectivity index (χ0n) is 19.0. The lowest BCUT2D eigenvalue weighted by Gasteiger charge is -2.18. The van der Waals surface area contributed by atoms with Gasteiger partial charge in [0.05, 0.1) is 6.10 Å². The van der Waals surface area contributed by atoms with Gasteiger partial charge in [0.1, 0.15) is 11.7 Å². The molecule has 1 unspecified atom stereocenters. The number of nitrogens with one attached hydrogen (secondary N) is 3. The van der Waals surface area contributed by atoms with Gasteiger partial charge in [-0.15, -0.1) is 0 Å². The molecule has 1 saturated carbocycles. The molecule has 0 spiro atoms. The van der Waals surface area contributed by atoms with Crippen LogP contribution < -0.4 is 10.1 Å². The lowest BCUT2D eigenvalue weighted by Crippen LogP contribution is -2.29.